The highest BCUT2D eigenvalue weighted by Gasteiger charge is 2.11. The van der Waals surface area contributed by atoms with Crippen molar-refractivity contribution in [2.45, 2.75) is 6.54 Å². The highest BCUT2D eigenvalue weighted by atomic mass is 19.1. The van der Waals surface area contributed by atoms with Crippen molar-refractivity contribution in [2.75, 3.05) is 0 Å². The zero-order valence-corrected chi connectivity index (χ0v) is 11.6. The first-order valence-corrected chi connectivity index (χ1v) is 6.71. The van der Waals surface area contributed by atoms with Crippen molar-refractivity contribution in [1.29, 1.82) is 0 Å². The first-order chi connectivity index (χ1) is 10.7. The Balaban J connectivity index is 1.67. The van der Waals surface area contributed by atoms with Crippen molar-refractivity contribution in [2.24, 2.45) is 0 Å². The van der Waals surface area contributed by atoms with Gasteiger partial charge in [-0.1, -0.05) is 12.1 Å². The summed E-state index contributed by atoms with van der Waals surface area (Å²) in [6, 6.07) is 11.4. The Morgan fingerprint density at radius 3 is 2.77 bits per heavy atom. The van der Waals surface area contributed by atoms with Crippen LogP contribution >= 0.6 is 0 Å². The fraction of sp³-hybridized carbons (Fsp3) is 0.0625. The smallest absolute Gasteiger partial charge is 0.272 e. The highest BCUT2D eigenvalue weighted by molar-refractivity contribution is 5.93. The number of hydrogen-bond donors (Lipinski definition) is 2. The van der Waals surface area contributed by atoms with E-state index in [9.17, 15) is 9.18 Å². The minimum absolute atomic E-state index is 0.244. The van der Waals surface area contributed by atoms with Crippen LogP contribution in [0.5, 0.6) is 0 Å². The second-order valence-corrected chi connectivity index (χ2v) is 4.72. The van der Waals surface area contributed by atoms with Crippen molar-refractivity contribution in [3.05, 3.63) is 71.9 Å². The van der Waals surface area contributed by atoms with E-state index in [-0.39, 0.29) is 24.0 Å². The van der Waals surface area contributed by atoms with Gasteiger partial charge in [-0.25, -0.2) is 4.39 Å². The number of benzene rings is 1. The van der Waals surface area contributed by atoms with Crippen LogP contribution in [0.1, 0.15) is 16.1 Å². The molecule has 1 amide bonds. The number of pyridine rings is 1. The number of amides is 1. The van der Waals surface area contributed by atoms with Gasteiger partial charge < -0.3 is 5.32 Å². The monoisotopic (exact) mass is 296 g/mol. The topological polar surface area (TPSA) is 70.7 Å². The number of aromatic amines is 1. The van der Waals surface area contributed by atoms with Crippen molar-refractivity contribution in [3.63, 3.8) is 0 Å². The maximum Gasteiger partial charge on any atom is 0.272 e. The average Bonchev–Trinajstić information content (AvgIpc) is 3.04. The van der Waals surface area contributed by atoms with E-state index in [2.05, 4.69) is 20.5 Å². The minimum atomic E-state index is -0.327. The molecule has 1 aromatic carbocycles. The Morgan fingerprint density at radius 1 is 1.18 bits per heavy atom. The fourth-order valence-corrected chi connectivity index (χ4v) is 2.04. The quantitative estimate of drug-likeness (QED) is 0.777. The number of carbonyl (C=O) groups is 1. The molecule has 0 aliphatic heterocycles. The van der Waals surface area contributed by atoms with E-state index >= 15 is 0 Å². The Morgan fingerprint density at radius 2 is 2.00 bits per heavy atom. The van der Waals surface area contributed by atoms with Crippen LogP contribution in [0.15, 0.2) is 54.9 Å². The summed E-state index contributed by atoms with van der Waals surface area (Å²) in [5, 5.41) is 9.51. The second kappa shape index (κ2) is 6.17. The van der Waals surface area contributed by atoms with Gasteiger partial charge >= 0.3 is 0 Å². The van der Waals surface area contributed by atoms with E-state index < -0.39 is 0 Å². The van der Waals surface area contributed by atoms with Gasteiger partial charge in [-0.15, -0.1) is 0 Å². The molecule has 2 aromatic heterocycles. The van der Waals surface area contributed by atoms with E-state index in [4.69, 9.17) is 0 Å². The van der Waals surface area contributed by atoms with Crippen LogP contribution in [0.4, 0.5) is 4.39 Å². The molecule has 5 nitrogen and oxygen atoms in total. The van der Waals surface area contributed by atoms with Gasteiger partial charge in [0.2, 0.25) is 0 Å². The third kappa shape index (κ3) is 3.17. The van der Waals surface area contributed by atoms with Gasteiger partial charge in [0, 0.05) is 24.5 Å². The van der Waals surface area contributed by atoms with Crippen LogP contribution in [-0.2, 0) is 6.54 Å². The summed E-state index contributed by atoms with van der Waals surface area (Å²) in [5.41, 5.74) is 2.60. The summed E-state index contributed by atoms with van der Waals surface area (Å²) in [6.45, 7) is 0.244. The SMILES string of the molecule is O=C(NCc1cccc(F)c1)c1cc(-c2ccncc2)[nH]n1. The molecule has 0 bridgehead atoms. The first kappa shape index (κ1) is 13.9. The molecule has 22 heavy (non-hydrogen) atoms. The van der Waals surface area contributed by atoms with Crippen LogP contribution in [0.25, 0.3) is 11.3 Å². The Labute approximate surface area is 126 Å². The van der Waals surface area contributed by atoms with E-state index in [0.717, 1.165) is 11.3 Å². The number of nitrogens with zero attached hydrogens (tertiary/aromatic N) is 2. The van der Waals surface area contributed by atoms with Crippen molar-refractivity contribution >= 4 is 5.91 Å². The Kier molecular flexibility index (Phi) is 3.91. The number of hydrogen-bond acceptors (Lipinski definition) is 3. The van der Waals surface area contributed by atoms with Crippen LogP contribution in [0.3, 0.4) is 0 Å². The van der Waals surface area contributed by atoms with Gasteiger partial charge in [-0.2, -0.15) is 5.10 Å². The maximum absolute atomic E-state index is 13.1. The van der Waals surface area contributed by atoms with E-state index in [1.807, 2.05) is 12.1 Å². The summed E-state index contributed by atoms with van der Waals surface area (Å²) < 4.78 is 13.1. The van der Waals surface area contributed by atoms with Crippen LogP contribution in [0.2, 0.25) is 0 Å². The molecule has 0 radical (unpaired) electrons. The second-order valence-electron chi connectivity index (χ2n) is 4.72. The Hall–Kier alpha value is -3.02. The lowest BCUT2D eigenvalue weighted by molar-refractivity contribution is 0.0946. The number of nitrogens with one attached hydrogen (secondary N) is 2. The summed E-state index contributed by atoms with van der Waals surface area (Å²) in [4.78, 5) is 16.0. The Bertz CT molecular complexity index is 786. The molecule has 3 aromatic rings. The fourth-order valence-electron chi connectivity index (χ4n) is 2.04. The standard InChI is InChI=1S/C16H13FN4O/c17-13-3-1-2-11(8-13)10-19-16(22)15-9-14(20-21-15)12-4-6-18-7-5-12/h1-9H,10H2,(H,19,22)(H,20,21). The van der Waals surface area contributed by atoms with Crippen molar-refractivity contribution in [1.82, 2.24) is 20.5 Å². The molecule has 6 heteroatoms. The van der Waals surface area contributed by atoms with Gasteiger partial charge in [0.1, 0.15) is 5.82 Å². The maximum atomic E-state index is 13.1. The number of H-pyrrole nitrogens is 1. The summed E-state index contributed by atoms with van der Waals surface area (Å²) >= 11 is 0. The molecule has 0 unspecified atom stereocenters. The van der Waals surface area contributed by atoms with Gasteiger partial charge in [-0.05, 0) is 35.9 Å². The third-order valence-electron chi connectivity index (χ3n) is 3.14. The molecule has 110 valence electrons. The van der Waals surface area contributed by atoms with Crippen LogP contribution < -0.4 is 5.32 Å². The van der Waals surface area contributed by atoms with Gasteiger partial charge in [-0.3, -0.25) is 14.9 Å². The molecule has 0 spiro atoms. The van der Waals surface area contributed by atoms with Gasteiger partial charge in [0.05, 0.1) is 5.69 Å². The molecule has 0 saturated carbocycles. The van der Waals surface area contributed by atoms with E-state index in [0.29, 0.717) is 5.56 Å². The number of rotatable bonds is 4. The first-order valence-electron chi connectivity index (χ1n) is 6.71. The number of halogens is 1. The average molecular weight is 296 g/mol. The number of carbonyl (C=O) groups excluding carboxylic acids is 1. The van der Waals surface area contributed by atoms with E-state index in [1.165, 1.54) is 12.1 Å². The lowest BCUT2D eigenvalue weighted by Crippen LogP contribution is -2.23. The molecule has 0 aliphatic rings. The normalized spacial score (nSPS) is 10.4. The zero-order valence-electron chi connectivity index (χ0n) is 11.6. The number of aromatic nitrogens is 3. The molecule has 2 heterocycles. The van der Waals surface area contributed by atoms with Crippen molar-refractivity contribution < 1.29 is 9.18 Å². The van der Waals surface area contributed by atoms with Crippen LogP contribution in [0, 0.1) is 5.82 Å². The third-order valence-corrected chi connectivity index (χ3v) is 3.14. The molecular formula is C16H13FN4O. The predicted molar refractivity (Wildman–Crippen MR) is 79.4 cm³/mol. The molecule has 2 N–H and O–H groups in total. The molecule has 0 saturated heterocycles. The molecular weight excluding hydrogens is 283 g/mol. The van der Waals surface area contributed by atoms with Crippen molar-refractivity contribution in [3.8, 4) is 11.3 Å². The van der Waals surface area contributed by atoms with Crippen LogP contribution in [-0.4, -0.2) is 21.1 Å². The van der Waals surface area contributed by atoms with E-state index in [1.54, 1.807) is 30.6 Å². The summed E-state index contributed by atoms with van der Waals surface area (Å²) in [5.74, 6) is -0.646. The lowest BCUT2D eigenvalue weighted by atomic mass is 10.2. The molecule has 0 fully saturated rings. The highest BCUT2D eigenvalue weighted by Crippen LogP contribution is 2.16. The largest absolute Gasteiger partial charge is 0.347 e. The zero-order chi connectivity index (χ0) is 15.4. The minimum Gasteiger partial charge on any atom is -0.347 e. The summed E-state index contributed by atoms with van der Waals surface area (Å²) in [7, 11) is 0. The summed E-state index contributed by atoms with van der Waals surface area (Å²) in [6.07, 6.45) is 3.33. The lowest BCUT2D eigenvalue weighted by Gasteiger charge is -2.03. The molecule has 0 atom stereocenters. The molecule has 3 rings (SSSR count). The predicted octanol–water partition coefficient (Wildman–Crippen LogP) is 2.54. The molecule has 0 aliphatic carbocycles. The van der Waals surface area contributed by atoms with Gasteiger partial charge in [0.25, 0.3) is 5.91 Å². The van der Waals surface area contributed by atoms with Gasteiger partial charge in [0.15, 0.2) is 5.69 Å².